The SMILES string of the molecule is CCC1CCN(C(C)c2ccccn2)CCN1. The van der Waals surface area contributed by atoms with Gasteiger partial charge in [-0.25, -0.2) is 0 Å². The fourth-order valence-corrected chi connectivity index (χ4v) is 2.49. The predicted octanol–water partition coefficient (Wildman–Crippen LogP) is 2.22. The first-order chi connectivity index (χ1) is 8.31. The Bertz CT molecular complexity index is 325. The minimum atomic E-state index is 0.425. The number of hydrogen-bond acceptors (Lipinski definition) is 3. The van der Waals surface area contributed by atoms with Gasteiger partial charge >= 0.3 is 0 Å². The summed E-state index contributed by atoms with van der Waals surface area (Å²) in [5.41, 5.74) is 1.18. The maximum absolute atomic E-state index is 4.46. The van der Waals surface area contributed by atoms with Crippen LogP contribution in [0, 0.1) is 0 Å². The topological polar surface area (TPSA) is 28.2 Å². The van der Waals surface area contributed by atoms with Crippen LogP contribution in [-0.4, -0.2) is 35.6 Å². The second-order valence-electron chi connectivity index (χ2n) is 4.81. The minimum absolute atomic E-state index is 0.425. The lowest BCUT2D eigenvalue weighted by atomic mass is 10.1. The molecule has 0 spiro atoms. The van der Waals surface area contributed by atoms with Crippen molar-refractivity contribution in [3.63, 3.8) is 0 Å². The third-order valence-electron chi connectivity index (χ3n) is 3.75. The molecule has 17 heavy (non-hydrogen) atoms. The van der Waals surface area contributed by atoms with Gasteiger partial charge in [0.15, 0.2) is 0 Å². The summed E-state index contributed by atoms with van der Waals surface area (Å²) in [6.45, 7) is 7.90. The summed E-state index contributed by atoms with van der Waals surface area (Å²) in [6, 6.07) is 7.29. The molecule has 0 aromatic carbocycles. The quantitative estimate of drug-likeness (QED) is 0.867. The van der Waals surface area contributed by atoms with Gasteiger partial charge in [-0.15, -0.1) is 0 Å². The number of aromatic nitrogens is 1. The van der Waals surface area contributed by atoms with E-state index in [9.17, 15) is 0 Å². The van der Waals surface area contributed by atoms with Crippen LogP contribution in [0.25, 0.3) is 0 Å². The van der Waals surface area contributed by atoms with Gasteiger partial charge in [0, 0.05) is 37.9 Å². The van der Waals surface area contributed by atoms with E-state index in [1.54, 1.807) is 0 Å². The van der Waals surface area contributed by atoms with Gasteiger partial charge in [0.1, 0.15) is 0 Å². The summed E-state index contributed by atoms with van der Waals surface area (Å²) in [4.78, 5) is 6.99. The smallest absolute Gasteiger partial charge is 0.0572 e. The van der Waals surface area contributed by atoms with Crippen LogP contribution in [0.3, 0.4) is 0 Å². The Morgan fingerprint density at radius 3 is 3.06 bits per heavy atom. The molecule has 1 saturated heterocycles. The largest absolute Gasteiger partial charge is 0.313 e. The molecule has 2 heterocycles. The molecule has 1 aromatic rings. The normalized spacial score (nSPS) is 24.2. The van der Waals surface area contributed by atoms with Gasteiger partial charge in [0.25, 0.3) is 0 Å². The van der Waals surface area contributed by atoms with Crippen molar-refractivity contribution < 1.29 is 0 Å². The zero-order valence-electron chi connectivity index (χ0n) is 10.9. The lowest BCUT2D eigenvalue weighted by Gasteiger charge is -2.26. The third kappa shape index (κ3) is 3.27. The van der Waals surface area contributed by atoms with Crippen LogP contribution in [0.2, 0.25) is 0 Å². The molecule has 1 N–H and O–H groups in total. The third-order valence-corrected chi connectivity index (χ3v) is 3.75. The maximum atomic E-state index is 4.46. The summed E-state index contributed by atoms with van der Waals surface area (Å²) in [6.07, 6.45) is 4.36. The number of hydrogen-bond donors (Lipinski definition) is 1. The number of rotatable bonds is 3. The Kier molecular flexibility index (Phi) is 4.51. The molecule has 0 bridgehead atoms. The molecule has 0 aliphatic carbocycles. The van der Waals surface area contributed by atoms with Gasteiger partial charge in [-0.3, -0.25) is 9.88 Å². The van der Waals surface area contributed by atoms with Crippen molar-refractivity contribution >= 4 is 0 Å². The highest BCUT2D eigenvalue weighted by Crippen LogP contribution is 2.19. The van der Waals surface area contributed by atoms with Gasteiger partial charge in [-0.2, -0.15) is 0 Å². The van der Waals surface area contributed by atoms with E-state index >= 15 is 0 Å². The first kappa shape index (κ1) is 12.5. The lowest BCUT2D eigenvalue weighted by molar-refractivity contribution is 0.219. The van der Waals surface area contributed by atoms with Crippen LogP contribution in [-0.2, 0) is 0 Å². The lowest BCUT2D eigenvalue weighted by Crippen LogP contribution is -2.31. The maximum Gasteiger partial charge on any atom is 0.0572 e. The summed E-state index contributed by atoms with van der Waals surface area (Å²) in [5.74, 6) is 0. The Labute approximate surface area is 104 Å². The van der Waals surface area contributed by atoms with Crippen molar-refractivity contribution in [2.24, 2.45) is 0 Å². The van der Waals surface area contributed by atoms with Crippen LogP contribution in [0.1, 0.15) is 38.4 Å². The monoisotopic (exact) mass is 233 g/mol. The van der Waals surface area contributed by atoms with Gasteiger partial charge in [0.2, 0.25) is 0 Å². The molecule has 1 aliphatic heterocycles. The first-order valence-electron chi connectivity index (χ1n) is 6.69. The molecule has 94 valence electrons. The molecular formula is C14H23N3. The number of nitrogens with zero attached hydrogens (tertiary/aromatic N) is 2. The zero-order chi connectivity index (χ0) is 12.1. The van der Waals surface area contributed by atoms with Gasteiger partial charge < -0.3 is 5.32 Å². The second-order valence-corrected chi connectivity index (χ2v) is 4.81. The highest BCUT2D eigenvalue weighted by Gasteiger charge is 2.20. The highest BCUT2D eigenvalue weighted by atomic mass is 15.2. The van der Waals surface area contributed by atoms with E-state index in [1.165, 1.54) is 25.1 Å². The van der Waals surface area contributed by atoms with Crippen molar-refractivity contribution in [2.45, 2.75) is 38.8 Å². The summed E-state index contributed by atoms with van der Waals surface area (Å²) < 4.78 is 0. The molecule has 0 saturated carbocycles. The van der Waals surface area contributed by atoms with E-state index in [2.05, 4.69) is 41.2 Å². The Hall–Kier alpha value is -0.930. The zero-order valence-corrected chi connectivity index (χ0v) is 10.9. The van der Waals surface area contributed by atoms with Crippen LogP contribution < -0.4 is 5.32 Å². The Morgan fingerprint density at radius 1 is 1.47 bits per heavy atom. The van der Waals surface area contributed by atoms with E-state index in [-0.39, 0.29) is 0 Å². The predicted molar refractivity (Wildman–Crippen MR) is 70.9 cm³/mol. The average molecular weight is 233 g/mol. The van der Waals surface area contributed by atoms with Crippen molar-refractivity contribution in [2.75, 3.05) is 19.6 Å². The second kappa shape index (κ2) is 6.12. The van der Waals surface area contributed by atoms with E-state index in [0.29, 0.717) is 12.1 Å². The molecule has 1 aromatic heterocycles. The molecular weight excluding hydrogens is 210 g/mol. The number of nitrogens with one attached hydrogen (secondary N) is 1. The van der Waals surface area contributed by atoms with Crippen molar-refractivity contribution in [1.29, 1.82) is 0 Å². The molecule has 2 rings (SSSR count). The van der Waals surface area contributed by atoms with Crippen LogP contribution in [0.15, 0.2) is 24.4 Å². The highest BCUT2D eigenvalue weighted by molar-refractivity contribution is 5.08. The summed E-state index contributed by atoms with van der Waals surface area (Å²) >= 11 is 0. The molecule has 2 unspecified atom stereocenters. The minimum Gasteiger partial charge on any atom is -0.313 e. The molecule has 2 atom stereocenters. The van der Waals surface area contributed by atoms with Crippen LogP contribution in [0.4, 0.5) is 0 Å². The van der Waals surface area contributed by atoms with Gasteiger partial charge in [-0.05, 0) is 31.9 Å². The van der Waals surface area contributed by atoms with Crippen molar-refractivity contribution in [3.05, 3.63) is 30.1 Å². The Morgan fingerprint density at radius 2 is 2.35 bits per heavy atom. The molecule has 3 heteroatoms. The molecule has 0 radical (unpaired) electrons. The van der Waals surface area contributed by atoms with Crippen LogP contribution >= 0.6 is 0 Å². The molecule has 0 amide bonds. The molecule has 1 aliphatic rings. The van der Waals surface area contributed by atoms with Crippen molar-refractivity contribution in [1.82, 2.24) is 15.2 Å². The fraction of sp³-hybridized carbons (Fsp3) is 0.643. The van der Waals surface area contributed by atoms with E-state index < -0.39 is 0 Å². The van der Waals surface area contributed by atoms with E-state index in [0.717, 1.165) is 13.1 Å². The van der Waals surface area contributed by atoms with Gasteiger partial charge in [0.05, 0.1) is 5.69 Å². The van der Waals surface area contributed by atoms with E-state index in [4.69, 9.17) is 0 Å². The summed E-state index contributed by atoms with van der Waals surface area (Å²) in [5, 5.41) is 3.61. The molecule has 3 nitrogen and oxygen atoms in total. The van der Waals surface area contributed by atoms with Gasteiger partial charge in [-0.1, -0.05) is 13.0 Å². The Balaban J connectivity index is 1.98. The van der Waals surface area contributed by atoms with Crippen molar-refractivity contribution in [3.8, 4) is 0 Å². The average Bonchev–Trinajstić information content (AvgIpc) is 2.64. The first-order valence-corrected chi connectivity index (χ1v) is 6.69. The van der Waals surface area contributed by atoms with E-state index in [1.807, 2.05) is 12.3 Å². The van der Waals surface area contributed by atoms with Crippen LogP contribution in [0.5, 0.6) is 0 Å². The summed E-state index contributed by atoms with van der Waals surface area (Å²) in [7, 11) is 0. The standard InChI is InChI=1S/C14H23N3/c1-3-13-7-10-17(11-9-15-13)12(2)14-6-4-5-8-16-14/h4-6,8,12-13,15H,3,7,9-11H2,1-2H3. The molecule has 1 fully saturated rings. The number of pyridine rings is 1. The fourth-order valence-electron chi connectivity index (χ4n) is 2.49.